The van der Waals surface area contributed by atoms with Gasteiger partial charge >= 0.3 is 0 Å². The molecule has 2 aromatic rings. The minimum absolute atomic E-state index is 0.149. The maximum Gasteiger partial charge on any atom is 0.263 e. The average molecular weight is 279 g/mol. The second-order valence-corrected chi connectivity index (χ2v) is 5.29. The number of nitrogens with zero attached hydrogens (tertiary/aromatic N) is 1. The van der Waals surface area contributed by atoms with Gasteiger partial charge in [0, 0.05) is 19.3 Å². The van der Waals surface area contributed by atoms with E-state index in [1.807, 2.05) is 12.1 Å². The van der Waals surface area contributed by atoms with Gasteiger partial charge in [0.1, 0.15) is 10.4 Å². The van der Waals surface area contributed by atoms with E-state index in [0.29, 0.717) is 22.6 Å². The minimum atomic E-state index is -0.149. The molecular formula is C13H17N3O2S. The molecule has 19 heavy (non-hydrogen) atoms. The SMILES string of the molecule is Nc1c(C(=O)NCCCCCO)sc2cccnc12. The molecule has 0 aromatic carbocycles. The molecule has 0 atom stereocenters. The summed E-state index contributed by atoms with van der Waals surface area (Å²) >= 11 is 1.36. The summed E-state index contributed by atoms with van der Waals surface area (Å²) in [6, 6.07) is 3.73. The van der Waals surface area contributed by atoms with Crippen molar-refractivity contribution in [3.05, 3.63) is 23.2 Å². The molecule has 1 amide bonds. The van der Waals surface area contributed by atoms with E-state index in [1.54, 1.807) is 6.20 Å². The molecule has 4 N–H and O–H groups in total. The highest BCUT2D eigenvalue weighted by atomic mass is 32.1. The Balaban J connectivity index is 1.99. The number of amides is 1. The van der Waals surface area contributed by atoms with Crippen molar-refractivity contribution in [2.24, 2.45) is 0 Å². The van der Waals surface area contributed by atoms with Gasteiger partial charge in [0.25, 0.3) is 5.91 Å². The van der Waals surface area contributed by atoms with Crippen LogP contribution in [0.1, 0.15) is 28.9 Å². The first kappa shape index (κ1) is 13.8. The highest BCUT2D eigenvalue weighted by Gasteiger charge is 2.16. The standard InChI is InChI=1S/C13H17N3O2S/c14-10-11-9(5-4-7-15-11)19-12(10)13(18)16-6-2-1-3-8-17/h4-5,7,17H,1-3,6,8,14H2,(H,16,18). The zero-order chi connectivity index (χ0) is 13.7. The average Bonchev–Trinajstić information content (AvgIpc) is 2.76. The number of carbonyl (C=O) groups is 1. The highest BCUT2D eigenvalue weighted by Crippen LogP contribution is 2.31. The van der Waals surface area contributed by atoms with Crippen LogP contribution in [0.2, 0.25) is 0 Å². The van der Waals surface area contributed by atoms with E-state index >= 15 is 0 Å². The lowest BCUT2D eigenvalue weighted by atomic mass is 10.2. The van der Waals surface area contributed by atoms with Crippen molar-refractivity contribution in [2.45, 2.75) is 19.3 Å². The van der Waals surface area contributed by atoms with Crippen molar-refractivity contribution in [1.29, 1.82) is 0 Å². The molecule has 0 radical (unpaired) electrons. The Bertz CT molecular complexity index is 568. The number of aliphatic hydroxyl groups is 1. The van der Waals surface area contributed by atoms with Crippen LogP contribution in [0, 0.1) is 0 Å². The lowest BCUT2D eigenvalue weighted by molar-refractivity contribution is 0.0957. The normalized spacial score (nSPS) is 10.8. The summed E-state index contributed by atoms with van der Waals surface area (Å²) in [6.45, 7) is 0.794. The molecular weight excluding hydrogens is 262 g/mol. The number of aromatic nitrogens is 1. The van der Waals surface area contributed by atoms with Gasteiger partial charge in [0.05, 0.1) is 10.4 Å². The van der Waals surface area contributed by atoms with Crippen molar-refractivity contribution in [3.8, 4) is 0 Å². The van der Waals surface area contributed by atoms with Gasteiger partial charge in [0.2, 0.25) is 0 Å². The third kappa shape index (κ3) is 3.21. The molecule has 2 heterocycles. The van der Waals surface area contributed by atoms with Crippen molar-refractivity contribution >= 4 is 33.1 Å². The molecule has 0 aliphatic rings. The summed E-state index contributed by atoms with van der Waals surface area (Å²) in [7, 11) is 0. The molecule has 2 aromatic heterocycles. The number of hydrogen-bond donors (Lipinski definition) is 3. The molecule has 0 unspecified atom stereocenters. The number of anilines is 1. The van der Waals surface area contributed by atoms with Crippen LogP contribution in [0.15, 0.2) is 18.3 Å². The smallest absolute Gasteiger partial charge is 0.263 e. The van der Waals surface area contributed by atoms with Gasteiger partial charge in [0.15, 0.2) is 0 Å². The fourth-order valence-corrected chi connectivity index (χ4v) is 2.81. The van der Waals surface area contributed by atoms with Gasteiger partial charge in [-0.1, -0.05) is 0 Å². The summed E-state index contributed by atoms with van der Waals surface area (Å²) in [5.74, 6) is -0.149. The van der Waals surface area contributed by atoms with E-state index in [0.717, 1.165) is 24.0 Å². The van der Waals surface area contributed by atoms with Gasteiger partial charge in [-0.2, -0.15) is 0 Å². The van der Waals surface area contributed by atoms with E-state index in [-0.39, 0.29) is 12.5 Å². The Morgan fingerprint density at radius 2 is 2.26 bits per heavy atom. The first-order valence-electron chi connectivity index (χ1n) is 6.26. The zero-order valence-corrected chi connectivity index (χ0v) is 11.4. The number of nitrogen functional groups attached to an aromatic ring is 1. The van der Waals surface area contributed by atoms with Crippen molar-refractivity contribution in [3.63, 3.8) is 0 Å². The summed E-state index contributed by atoms with van der Waals surface area (Å²) in [5.41, 5.74) is 7.09. The molecule has 2 rings (SSSR count). The first-order chi connectivity index (χ1) is 9.24. The predicted molar refractivity (Wildman–Crippen MR) is 77.3 cm³/mol. The molecule has 5 nitrogen and oxygen atoms in total. The number of nitrogens with two attached hydrogens (primary N) is 1. The van der Waals surface area contributed by atoms with Crippen molar-refractivity contribution in [1.82, 2.24) is 10.3 Å². The van der Waals surface area contributed by atoms with Crippen LogP contribution in [-0.4, -0.2) is 29.1 Å². The van der Waals surface area contributed by atoms with Gasteiger partial charge in [-0.25, -0.2) is 0 Å². The number of rotatable bonds is 6. The largest absolute Gasteiger partial charge is 0.396 e. The number of hydrogen-bond acceptors (Lipinski definition) is 5. The zero-order valence-electron chi connectivity index (χ0n) is 10.6. The maximum absolute atomic E-state index is 12.0. The quantitative estimate of drug-likeness (QED) is 0.703. The Morgan fingerprint density at radius 3 is 3.00 bits per heavy atom. The van der Waals surface area contributed by atoms with Gasteiger partial charge in [-0.05, 0) is 31.4 Å². The van der Waals surface area contributed by atoms with Crippen LogP contribution >= 0.6 is 11.3 Å². The fraction of sp³-hybridized carbons (Fsp3) is 0.385. The number of thiophene rings is 1. The summed E-state index contributed by atoms with van der Waals surface area (Å²) in [6.07, 6.45) is 4.20. The van der Waals surface area contributed by atoms with Gasteiger partial charge < -0.3 is 16.2 Å². The number of fused-ring (bicyclic) bond motifs is 1. The van der Waals surface area contributed by atoms with Gasteiger partial charge in [-0.15, -0.1) is 11.3 Å². The molecule has 0 spiro atoms. The maximum atomic E-state index is 12.0. The fourth-order valence-electron chi connectivity index (χ4n) is 1.81. The molecule has 6 heteroatoms. The summed E-state index contributed by atoms with van der Waals surface area (Å²) in [4.78, 5) is 16.7. The second-order valence-electron chi connectivity index (χ2n) is 4.24. The lowest BCUT2D eigenvalue weighted by Crippen LogP contribution is -2.24. The third-order valence-electron chi connectivity index (χ3n) is 2.81. The monoisotopic (exact) mass is 279 g/mol. The number of unbranched alkanes of at least 4 members (excludes halogenated alkanes) is 2. The van der Waals surface area contributed by atoms with Gasteiger partial charge in [-0.3, -0.25) is 9.78 Å². The molecule has 0 saturated heterocycles. The predicted octanol–water partition coefficient (Wildman–Crippen LogP) is 1.77. The number of aliphatic hydroxyl groups excluding tert-OH is 1. The number of pyridine rings is 1. The van der Waals surface area contributed by atoms with Crippen LogP contribution in [0.5, 0.6) is 0 Å². The lowest BCUT2D eigenvalue weighted by Gasteiger charge is -2.03. The number of carbonyl (C=O) groups excluding carboxylic acids is 1. The minimum Gasteiger partial charge on any atom is -0.396 e. The molecule has 0 fully saturated rings. The van der Waals surface area contributed by atoms with E-state index < -0.39 is 0 Å². The Hall–Kier alpha value is -1.66. The summed E-state index contributed by atoms with van der Waals surface area (Å²) in [5, 5.41) is 11.5. The Labute approximate surface area is 115 Å². The van der Waals surface area contributed by atoms with Crippen LogP contribution in [0.4, 0.5) is 5.69 Å². The first-order valence-corrected chi connectivity index (χ1v) is 7.07. The van der Waals surface area contributed by atoms with E-state index in [9.17, 15) is 4.79 Å². The molecule has 102 valence electrons. The van der Waals surface area contributed by atoms with Crippen molar-refractivity contribution in [2.75, 3.05) is 18.9 Å². The molecule has 0 aliphatic carbocycles. The van der Waals surface area contributed by atoms with Crippen LogP contribution < -0.4 is 11.1 Å². The Kier molecular flexibility index (Phi) is 4.70. The van der Waals surface area contributed by atoms with E-state index in [2.05, 4.69) is 10.3 Å². The van der Waals surface area contributed by atoms with E-state index in [1.165, 1.54) is 11.3 Å². The molecule has 0 saturated carbocycles. The highest BCUT2D eigenvalue weighted by molar-refractivity contribution is 7.21. The molecule has 0 aliphatic heterocycles. The van der Waals surface area contributed by atoms with Crippen LogP contribution in [0.25, 0.3) is 10.2 Å². The topological polar surface area (TPSA) is 88.2 Å². The summed E-state index contributed by atoms with van der Waals surface area (Å²) < 4.78 is 0.922. The third-order valence-corrected chi connectivity index (χ3v) is 3.97. The second kappa shape index (κ2) is 6.49. The van der Waals surface area contributed by atoms with Crippen LogP contribution in [-0.2, 0) is 0 Å². The Morgan fingerprint density at radius 1 is 1.42 bits per heavy atom. The molecule has 0 bridgehead atoms. The van der Waals surface area contributed by atoms with E-state index in [4.69, 9.17) is 10.8 Å². The van der Waals surface area contributed by atoms with Crippen molar-refractivity contribution < 1.29 is 9.90 Å². The number of nitrogens with one attached hydrogen (secondary N) is 1. The van der Waals surface area contributed by atoms with Crippen LogP contribution in [0.3, 0.4) is 0 Å².